The number of ketones is 1. The summed E-state index contributed by atoms with van der Waals surface area (Å²) in [6, 6.07) is 5.28. The van der Waals surface area contributed by atoms with Crippen molar-refractivity contribution in [3.63, 3.8) is 0 Å². The summed E-state index contributed by atoms with van der Waals surface area (Å²) in [5.74, 6) is 0.0289. The Morgan fingerprint density at radius 2 is 2.05 bits per heavy atom. The number of likely N-dealkylation sites (N-methyl/N-ethyl adjacent to an activating group) is 1. The smallest absolute Gasteiger partial charge is 0.178 e. The zero-order chi connectivity index (χ0) is 13.4. The van der Waals surface area contributed by atoms with Crippen LogP contribution < -0.4 is 4.90 Å². The third kappa shape index (κ3) is 2.37. The van der Waals surface area contributed by atoms with Crippen LogP contribution in [0.25, 0.3) is 0 Å². The second-order valence-electron chi connectivity index (χ2n) is 5.74. The van der Waals surface area contributed by atoms with E-state index in [9.17, 15) is 4.79 Å². The lowest BCUT2D eigenvalue weighted by molar-refractivity contribution is 0.101. The Hall–Kier alpha value is -1.42. The van der Waals surface area contributed by atoms with Crippen LogP contribution >= 0.6 is 0 Å². The highest BCUT2D eigenvalue weighted by Gasteiger charge is 2.34. The van der Waals surface area contributed by atoms with Crippen molar-refractivity contribution in [3.05, 3.63) is 24.0 Å². The van der Waals surface area contributed by atoms with Crippen molar-refractivity contribution in [1.29, 1.82) is 0 Å². The molecule has 0 spiro atoms. The van der Waals surface area contributed by atoms with Gasteiger partial charge in [0.1, 0.15) is 5.69 Å². The number of anilines is 1. The average molecular weight is 259 g/mol. The van der Waals surface area contributed by atoms with E-state index in [1.54, 1.807) is 6.92 Å². The number of Topliss-reactive ketones (excluding diaryl/α,β-unsaturated/α-hetero) is 1. The molecule has 3 rings (SSSR count). The summed E-state index contributed by atoms with van der Waals surface area (Å²) in [5.41, 5.74) is 1.70. The van der Waals surface area contributed by atoms with Crippen LogP contribution in [0.15, 0.2) is 18.3 Å². The molecule has 0 N–H and O–H groups in total. The van der Waals surface area contributed by atoms with E-state index in [0.29, 0.717) is 11.7 Å². The molecule has 0 aromatic carbocycles. The van der Waals surface area contributed by atoms with Crippen LogP contribution in [0.5, 0.6) is 0 Å². The Kier molecular flexibility index (Phi) is 3.27. The molecule has 4 heteroatoms. The van der Waals surface area contributed by atoms with E-state index in [4.69, 9.17) is 0 Å². The molecule has 102 valence electrons. The molecule has 2 fully saturated rings. The van der Waals surface area contributed by atoms with Gasteiger partial charge in [0.25, 0.3) is 0 Å². The van der Waals surface area contributed by atoms with E-state index < -0.39 is 0 Å². The molecule has 2 saturated heterocycles. The number of fused-ring (bicyclic) bond motifs is 2. The summed E-state index contributed by atoms with van der Waals surface area (Å²) in [6.07, 6.45) is 5.71. The lowest BCUT2D eigenvalue weighted by Gasteiger charge is -2.27. The maximum atomic E-state index is 11.3. The van der Waals surface area contributed by atoms with Gasteiger partial charge in [0.2, 0.25) is 0 Å². The molecule has 4 nitrogen and oxygen atoms in total. The first-order valence-electron chi connectivity index (χ1n) is 7.09. The van der Waals surface area contributed by atoms with Gasteiger partial charge in [0.05, 0.1) is 11.9 Å². The molecule has 2 atom stereocenters. The third-order valence-corrected chi connectivity index (χ3v) is 4.62. The number of hydrogen-bond acceptors (Lipinski definition) is 4. The summed E-state index contributed by atoms with van der Waals surface area (Å²) >= 11 is 0. The summed E-state index contributed by atoms with van der Waals surface area (Å²) in [7, 11) is 2.25. The van der Waals surface area contributed by atoms with Crippen LogP contribution in [0.1, 0.15) is 36.7 Å². The summed E-state index contributed by atoms with van der Waals surface area (Å²) in [6.45, 7) is 3.72. The van der Waals surface area contributed by atoms with Gasteiger partial charge in [0, 0.05) is 32.1 Å². The van der Waals surface area contributed by atoms with E-state index in [1.165, 1.54) is 19.3 Å². The fraction of sp³-hybridized carbons (Fsp3) is 0.600. The highest BCUT2D eigenvalue weighted by Crippen LogP contribution is 2.30. The van der Waals surface area contributed by atoms with Gasteiger partial charge < -0.3 is 4.90 Å². The molecular weight excluding hydrogens is 238 g/mol. The fourth-order valence-corrected chi connectivity index (χ4v) is 3.32. The van der Waals surface area contributed by atoms with Gasteiger partial charge in [-0.2, -0.15) is 0 Å². The molecule has 1 aromatic heterocycles. The predicted octanol–water partition coefficient (Wildman–Crippen LogP) is 1.96. The fourth-order valence-electron chi connectivity index (χ4n) is 3.32. The van der Waals surface area contributed by atoms with Crippen LogP contribution in [0.2, 0.25) is 0 Å². The van der Waals surface area contributed by atoms with E-state index in [1.807, 2.05) is 18.3 Å². The highest BCUT2D eigenvalue weighted by molar-refractivity contribution is 5.92. The van der Waals surface area contributed by atoms with Crippen LogP contribution in [-0.2, 0) is 0 Å². The van der Waals surface area contributed by atoms with Crippen molar-refractivity contribution in [2.75, 3.05) is 25.0 Å². The van der Waals surface area contributed by atoms with Crippen molar-refractivity contribution in [2.24, 2.45) is 0 Å². The van der Waals surface area contributed by atoms with Crippen LogP contribution in [0, 0.1) is 0 Å². The Morgan fingerprint density at radius 1 is 1.26 bits per heavy atom. The molecule has 0 radical (unpaired) electrons. The van der Waals surface area contributed by atoms with E-state index in [0.717, 1.165) is 24.8 Å². The standard InChI is InChI=1S/C15H21N3O/c1-11(19)15-6-5-13(9-16-15)18-8-7-12-3-4-14(10-18)17(12)2/h5-6,9,12,14H,3-4,7-8,10H2,1-2H3. The van der Waals surface area contributed by atoms with Gasteiger partial charge in [-0.25, -0.2) is 0 Å². The van der Waals surface area contributed by atoms with Gasteiger partial charge in [-0.15, -0.1) is 0 Å². The van der Waals surface area contributed by atoms with Crippen molar-refractivity contribution >= 4 is 11.5 Å². The minimum atomic E-state index is 0.0289. The van der Waals surface area contributed by atoms with E-state index in [2.05, 4.69) is 21.8 Å². The quantitative estimate of drug-likeness (QED) is 0.761. The number of pyridine rings is 1. The van der Waals surface area contributed by atoms with Crippen LogP contribution in [0.4, 0.5) is 5.69 Å². The summed E-state index contributed by atoms with van der Waals surface area (Å²) in [4.78, 5) is 20.5. The zero-order valence-electron chi connectivity index (χ0n) is 11.7. The SMILES string of the molecule is CC(=O)c1ccc(N2CCC3CCC(C2)N3C)cn1. The predicted molar refractivity (Wildman–Crippen MR) is 75.6 cm³/mol. The van der Waals surface area contributed by atoms with Crippen molar-refractivity contribution in [1.82, 2.24) is 9.88 Å². The van der Waals surface area contributed by atoms with Crippen LogP contribution in [0.3, 0.4) is 0 Å². The van der Waals surface area contributed by atoms with Crippen LogP contribution in [-0.4, -0.2) is 47.9 Å². The maximum Gasteiger partial charge on any atom is 0.178 e. The lowest BCUT2D eigenvalue weighted by Crippen LogP contribution is -2.36. The molecule has 2 bridgehead atoms. The Balaban J connectivity index is 1.77. The molecular formula is C15H21N3O. The second kappa shape index (κ2) is 4.93. The third-order valence-electron chi connectivity index (χ3n) is 4.62. The number of aromatic nitrogens is 1. The minimum absolute atomic E-state index is 0.0289. The first-order chi connectivity index (χ1) is 9.15. The first-order valence-corrected chi connectivity index (χ1v) is 7.09. The lowest BCUT2D eigenvalue weighted by atomic mass is 10.1. The van der Waals surface area contributed by atoms with Gasteiger partial charge in [-0.3, -0.25) is 14.7 Å². The highest BCUT2D eigenvalue weighted by atomic mass is 16.1. The molecule has 2 aliphatic rings. The normalized spacial score (nSPS) is 27.4. The Bertz CT molecular complexity index is 471. The molecule has 1 aromatic rings. The Morgan fingerprint density at radius 3 is 2.74 bits per heavy atom. The number of carbonyl (C=O) groups is 1. The van der Waals surface area contributed by atoms with Crippen molar-refractivity contribution in [2.45, 2.75) is 38.3 Å². The second-order valence-corrected chi connectivity index (χ2v) is 5.74. The molecule has 2 unspecified atom stereocenters. The number of carbonyl (C=O) groups excluding carboxylic acids is 1. The largest absolute Gasteiger partial charge is 0.369 e. The van der Waals surface area contributed by atoms with Crippen molar-refractivity contribution in [3.8, 4) is 0 Å². The van der Waals surface area contributed by atoms with E-state index >= 15 is 0 Å². The molecule has 0 aliphatic carbocycles. The number of rotatable bonds is 2. The zero-order valence-corrected chi connectivity index (χ0v) is 11.7. The number of hydrogen-bond donors (Lipinski definition) is 0. The van der Waals surface area contributed by atoms with Gasteiger partial charge in [-0.1, -0.05) is 0 Å². The molecule has 0 saturated carbocycles. The van der Waals surface area contributed by atoms with Crippen molar-refractivity contribution < 1.29 is 4.79 Å². The summed E-state index contributed by atoms with van der Waals surface area (Å²) < 4.78 is 0. The van der Waals surface area contributed by atoms with Gasteiger partial charge in [0.15, 0.2) is 5.78 Å². The number of nitrogens with zero attached hydrogens (tertiary/aromatic N) is 3. The topological polar surface area (TPSA) is 36.4 Å². The summed E-state index contributed by atoms with van der Waals surface area (Å²) in [5, 5.41) is 0. The monoisotopic (exact) mass is 259 g/mol. The van der Waals surface area contributed by atoms with E-state index in [-0.39, 0.29) is 5.78 Å². The van der Waals surface area contributed by atoms with Gasteiger partial charge in [-0.05, 0) is 38.4 Å². The molecule has 0 amide bonds. The Labute approximate surface area is 114 Å². The molecule has 3 heterocycles. The first kappa shape index (κ1) is 12.6. The average Bonchev–Trinajstić information content (AvgIpc) is 2.63. The molecule has 2 aliphatic heterocycles. The molecule has 19 heavy (non-hydrogen) atoms. The van der Waals surface area contributed by atoms with Gasteiger partial charge >= 0.3 is 0 Å². The minimum Gasteiger partial charge on any atom is -0.369 e. The maximum absolute atomic E-state index is 11.3.